The van der Waals surface area contributed by atoms with Crippen LogP contribution in [0.3, 0.4) is 0 Å². The summed E-state index contributed by atoms with van der Waals surface area (Å²) >= 11 is 0. The molecule has 0 unspecified atom stereocenters. The molecule has 0 atom stereocenters. The number of hydrogen-bond donors (Lipinski definition) is 2. The summed E-state index contributed by atoms with van der Waals surface area (Å²) in [5.41, 5.74) is 4.06. The van der Waals surface area contributed by atoms with Crippen molar-refractivity contribution in [2.24, 2.45) is 0 Å². The van der Waals surface area contributed by atoms with Crippen molar-refractivity contribution >= 4 is 16.8 Å². The molecule has 2 fully saturated rings. The highest BCUT2D eigenvalue weighted by Gasteiger charge is 2.22. The number of nitrogens with one attached hydrogen (secondary N) is 2. The minimum Gasteiger partial charge on any atom is -0.489 e. The number of fused-ring (bicyclic) bond motifs is 1. The van der Waals surface area contributed by atoms with Gasteiger partial charge in [-0.05, 0) is 55.8 Å². The Morgan fingerprint density at radius 3 is 2.50 bits per heavy atom. The lowest BCUT2D eigenvalue weighted by molar-refractivity contribution is 0.180. The second kappa shape index (κ2) is 12.8. The Kier molecular flexibility index (Phi) is 8.56. The van der Waals surface area contributed by atoms with Gasteiger partial charge in [0.1, 0.15) is 12.4 Å². The molecule has 210 valence electrons. The van der Waals surface area contributed by atoms with Crippen molar-refractivity contribution in [1.82, 2.24) is 20.1 Å². The molecule has 2 N–H and O–H groups in total. The molecule has 2 aliphatic heterocycles. The van der Waals surface area contributed by atoms with E-state index in [1.54, 1.807) is 12.3 Å². The zero-order valence-corrected chi connectivity index (χ0v) is 23.0. The van der Waals surface area contributed by atoms with Crippen molar-refractivity contribution in [3.05, 3.63) is 66.6 Å². The molecule has 0 saturated carbocycles. The predicted octanol–water partition coefficient (Wildman–Crippen LogP) is 5.48. The van der Waals surface area contributed by atoms with Gasteiger partial charge in [0.2, 0.25) is 5.71 Å². The molecule has 40 heavy (non-hydrogen) atoms. The number of benzene rings is 2. The molecule has 0 aliphatic carbocycles. The molecule has 0 radical (unpaired) electrons. The molecule has 4 aromatic rings. The summed E-state index contributed by atoms with van der Waals surface area (Å²) < 4.78 is 27.5. The number of piperazine rings is 1. The second-order valence-electron chi connectivity index (χ2n) is 10.6. The lowest BCUT2D eigenvalue weighted by Crippen LogP contribution is -2.45. The van der Waals surface area contributed by atoms with Crippen molar-refractivity contribution in [1.29, 1.82) is 0 Å². The number of furan rings is 1. The summed E-state index contributed by atoms with van der Waals surface area (Å²) in [6.07, 6.45) is 5.51. The van der Waals surface area contributed by atoms with E-state index in [9.17, 15) is 0 Å². The molecule has 0 spiro atoms. The lowest BCUT2D eigenvalue weighted by Gasteiger charge is -2.27. The number of rotatable bonds is 10. The standard InChI is InChI=1S/C32H38FN5O2/c33-26-23-25(9-10-28(26)39-22-21-37-16-5-2-6-17-37)31-29(24-7-3-1-4-8-24)30-27(11-12-36-32(30)40-31)35-15-20-38-18-13-34-14-19-38/h1,3-4,7-12,23,34H,2,5-6,13-22H2,(H,35,36). The summed E-state index contributed by atoms with van der Waals surface area (Å²) in [5.74, 6) is 0.480. The number of likely N-dealkylation sites (tertiary alicyclic amines) is 1. The van der Waals surface area contributed by atoms with Crippen molar-refractivity contribution in [3.63, 3.8) is 0 Å². The maximum absolute atomic E-state index is 15.3. The van der Waals surface area contributed by atoms with Gasteiger partial charge in [-0.3, -0.25) is 9.80 Å². The number of ether oxygens (including phenoxy) is 1. The first-order valence-corrected chi connectivity index (χ1v) is 14.6. The van der Waals surface area contributed by atoms with Crippen LogP contribution in [0.2, 0.25) is 0 Å². The van der Waals surface area contributed by atoms with E-state index in [4.69, 9.17) is 9.15 Å². The van der Waals surface area contributed by atoms with E-state index >= 15 is 4.39 Å². The molecular weight excluding hydrogens is 505 g/mol. The van der Waals surface area contributed by atoms with Crippen LogP contribution in [-0.2, 0) is 0 Å². The molecular formula is C32H38FN5O2. The minimum atomic E-state index is -0.391. The third-order valence-corrected chi connectivity index (χ3v) is 7.92. The maximum Gasteiger partial charge on any atom is 0.229 e. The largest absolute Gasteiger partial charge is 0.489 e. The smallest absolute Gasteiger partial charge is 0.229 e. The molecule has 2 aromatic carbocycles. The highest BCUT2D eigenvalue weighted by atomic mass is 19.1. The van der Waals surface area contributed by atoms with Crippen LogP contribution in [0.5, 0.6) is 5.75 Å². The molecule has 4 heterocycles. The molecule has 7 nitrogen and oxygen atoms in total. The first-order valence-electron chi connectivity index (χ1n) is 14.6. The van der Waals surface area contributed by atoms with E-state index in [1.807, 2.05) is 30.3 Å². The fourth-order valence-corrected chi connectivity index (χ4v) is 5.76. The number of nitrogens with zero attached hydrogens (tertiary/aromatic N) is 3. The molecule has 0 bridgehead atoms. The van der Waals surface area contributed by atoms with Gasteiger partial charge in [0.25, 0.3) is 0 Å². The summed E-state index contributed by atoms with van der Waals surface area (Å²) in [6, 6.07) is 17.2. The van der Waals surface area contributed by atoms with E-state index < -0.39 is 5.82 Å². The van der Waals surface area contributed by atoms with Gasteiger partial charge in [0.05, 0.1) is 5.39 Å². The molecule has 2 aliphatic rings. The highest BCUT2D eigenvalue weighted by Crippen LogP contribution is 2.43. The number of piperidine rings is 1. The van der Waals surface area contributed by atoms with Gasteiger partial charge in [0, 0.05) is 68.8 Å². The fourth-order valence-electron chi connectivity index (χ4n) is 5.76. The summed E-state index contributed by atoms with van der Waals surface area (Å²) in [6.45, 7) is 9.43. The molecule has 0 amide bonds. The van der Waals surface area contributed by atoms with Gasteiger partial charge in [0.15, 0.2) is 11.6 Å². The summed E-state index contributed by atoms with van der Waals surface area (Å²) in [4.78, 5) is 9.39. The topological polar surface area (TPSA) is 65.8 Å². The molecule has 8 heteroatoms. The second-order valence-corrected chi connectivity index (χ2v) is 10.6. The Hall–Kier alpha value is -3.46. The number of hydrogen-bond acceptors (Lipinski definition) is 7. The van der Waals surface area contributed by atoms with Crippen molar-refractivity contribution < 1.29 is 13.5 Å². The molecule has 2 saturated heterocycles. The first-order chi connectivity index (χ1) is 19.8. The number of aromatic nitrogens is 1. The monoisotopic (exact) mass is 543 g/mol. The fraction of sp³-hybridized carbons (Fsp3) is 0.406. The average Bonchev–Trinajstić information content (AvgIpc) is 3.40. The van der Waals surface area contributed by atoms with Crippen LogP contribution in [-0.4, -0.2) is 80.3 Å². The van der Waals surface area contributed by atoms with Crippen LogP contribution in [0, 0.1) is 5.82 Å². The SMILES string of the molecule is Fc1cc(-c2oc3nccc(NCCN4CCNCC4)c3c2-c2ccccc2)ccc1OCCN1CCCCC1. The molecule has 2 aromatic heterocycles. The Bertz CT molecular complexity index is 1400. The third kappa shape index (κ3) is 6.14. The Balaban J connectivity index is 1.27. The van der Waals surface area contributed by atoms with Gasteiger partial charge in [-0.25, -0.2) is 9.37 Å². The normalized spacial score (nSPS) is 16.8. The maximum atomic E-state index is 15.3. The molecule has 6 rings (SSSR count). The highest BCUT2D eigenvalue weighted by molar-refractivity contribution is 6.06. The van der Waals surface area contributed by atoms with Crippen LogP contribution in [0.1, 0.15) is 19.3 Å². The third-order valence-electron chi connectivity index (χ3n) is 7.92. The Labute approximate surface area is 235 Å². The van der Waals surface area contributed by atoms with Gasteiger partial charge in [-0.2, -0.15) is 0 Å². The number of pyridine rings is 1. The lowest BCUT2D eigenvalue weighted by atomic mass is 9.98. The van der Waals surface area contributed by atoms with E-state index in [2.05, 4.69) is 37.6 Å². The van der Waals surface area contributed by atoms with Crippen LogP contribution < -0.4 is 15.4 Å². The Morgan fingerprint density at radius 2 is 1.70 bits per heavy atom. The van der Waals surface area contributed by atoms with Crippen LogP contribution >= 0.6 is 0 Å². The minimum absolute atomic E-state index is 0.270. The predicted molar refractivity (Wildman–Crippen MR) is 158 cm³/mol. The van der Waals surface area contributed by atoms with Gasteiger partial charge < -0.3 is 19.8 Å². The quantitative estimate of drug-likeness (QED) is 0.275. The zero-order chi connectivity index (χ0) is 27.1. The summed E-state index contributed by atoms with van der Waals surface area (Å²) in [7, 11) is 0. The van der Waals surface area contributed by atoms with Crippen molar-refractivity contribution in [2.45, 2.75) is 19.3 Å². The van der Waals surface area contributed by atoms with E-state index in [-0.39, 0.29) is 5.75 Å². The zero-order valence-electron chi connectivity index (χ0n) is 23.0. The Morgan fingerprint density at radius 1 is 0.900 bits per heavy atom. The van der Waals surface area contributed by atoms with Gasteiger partial charge in [-0.15, -0.1) is 0 Å². The average molecular weight is 544 g/mol. The van der Waals surface area contributed by atoms with E-state index in [0.29, 0.717) is 23.6 Å². The first kappa shape index (κ1) is 26.7. The van der Waals surface area contributed by atoms with Crippen molar-refractivity contribution in [2.75, 3.05) is 70.8 Å². The van der Waals surface area contributed by atoms with Gasteiger partial charge >= 0.3 is 0 Å². The van der Waals surface area contributed by atoms with Crippen LogP contribution in [0.4, 0.5) is 10.1 Å². The van der Waals surface area contributed by atoms with Crippen molar-refractivity contribution in [3.8, 4) is 28.2 Å². The number of halogens is 1. The summed E-state index contributed by atoms with van der Waals surface area (Å²) in [5, 5.41) is 7.93. The number of anilines is 1. The van der Waals surface area contributed by atoms with E-state index in [1.165, 1.54) is 25.3 Å². The van der Waals surface area contributed by atoms with Crippen LogP contribution in [0.25, 0.3) is 33.6 Å². The van der Waals surface area contributed by atoms with E-state index in [0.717, 1.165) is 81.1 Å². The van der Waals surface area contributed by atoms with Gasteiger partial charge in [-0.1, -0.05) is 36.8 Å². The van der Waals surface area contributed by atoms with Crippen LogP contribution in [0.15, 0.2) is 65.2 Å².